The molecule has 0 unspecified atom stereocenters. The second-order valence-corrected chi connectivity index (χ2v) is 6.99. The fourth-order valence-electron chi connectivity index (χ4n) is 2.02. The number of nitrogens with two attached hydrogens (primary N) is 2. The highest BCUT2D eigenvalue weighted by atomic mass is 79.9. The molecule has 21 heavy (non-hydrogen) atoms. The average molecular weight is 370 g/mol. The minimum Gasteiger partial charge on any atom is -0.396 e. The van der Waals surface area contributed by atoms with Gasteiger partial charge in [-0.2, -0.15) is 0 Å². The lowest BCUT2D eigenvalue weighted by Crippen LogP contribution is -2.15. The maximum atomic E-state index is 11.5. The predicted octanol–water partition coefficient (Wildman–Crippen LogP) is 2.98. The summed E-state index contributed by atoms with van der Waals surface area (Å²) in [6, 6.07) is 10.5. The molecular weight excluding hydrogens is 354 g/mol. The molecule has 0 fully saturated rings. The number of aryl methyl sites for hydroxylation is 1. The Balaban J connectivity index is 2.46. The zero-order valence-corrected chi connectivity index (χ0v) is 13.8. The summed E-state index contributed by atoms with van der Waals surface area (Å²) in [7, 11) is -3.84. The highest BCUT2D eigenvalue weighted by Crippen LogP contribution is 2.31. The molecule has 2 aromatic rings. The minimum atomic E-state index is -3.84. The highest BCUT2D eigenvalue weighted by molar-refractivity contribution is 9.10. The normalized spacial score (nSPS) is 11.4. The molecule has 2 rings (SSSR count). The Morgan fingerprint density at radius 2 is 1.90 bits per heavy atom. The zero-order valence-electron chi connectivity index (χ0n) is 11.4. The fourth-order valence-corrected chi connectivity index (χ4v) is 3.12. The van der Waals surface area contributed by atoms with Crippen LogP contribution < -0.4 is 16.2 Å². The summed E-state index contributed by atoms with van der Waals surface area (Å²) < 4.78 is 24.0. The summed E-state index contributed by atoms with van der Waals surface area (Å²) in [5, 5.41) is 8.32. The van der Waals surface area contributed by atoms with Crippen molar-refractivity contribution < 1.29 is 8.42 Å². The maximum absolute atomic E-state index is 11.5. The first-order chi connectivity index (χ1) is 9.82. The van der Waals surface area contributed by atoms with Gasteiger partial charge in [-0.1, -0.05) is 28.9 Å². The fraction of sp³-hybridized carbons (Fsp3) is 0.143. The predicted molar refractivity (Wildman–Crippen MR) is 89.0 cm³/mol. The average Bonchev–Trinajstić information content (AvgIpc) is 2.41. The van der Waals surface area contributed by atoms with Crippen LogP contribution in [0.25, 0.3) is 0 Å². The molecule has 0 atom stereocenters. The first-order valence-electron chi connectivity index (χ1n) is 6.29. The lowest BCUT2D eigenvalue weighted by molar-refractivity contribution is 0.598. The largest absolute Gasteiger partial charge is 0.396 e. The summed E-state index contributed by atoms with van der Waals surface area (Å²) in [6.45, 7) is 2.04. The van der Waals surface area contributed by atoms with E-state index in [9.17, 15) is 8.42 Å². The van der Waals surface area contributed by atoms with Crippen molar-refractivity contribution in [2.75, 3.05) is 11.1 Å². The van der Waals surface area contributed by atoms with Gasteiger partial charge < -0.3 is 11.1 Å². The summed E-state index contributed by atoms with van der Waals surface area (Å²) >= 11 is 3.43. The van der Waals surface area contributed by atoms with Crippen molar-refractivity contribution in [2.24, 2.45) is 5.14 Å². The number of rotatable bonds is 4. The number of anilines is 3. The molecule has 0 aliphatic carbocycles. The molecule has 0 aliphatic heterocycles. The van der Waals surface area contributed by atoms with Crippen LogP contribution in [0.3, 0.4) is 0 Å². The van der Waals surface area contributed by atoms with Crippen LogP contribution in [0.2, 0.25) is 0 Å². The van der Waals surface area contributed by atoms with E-state index in [0.29, 0.717) is 5.69 Å². The number of nitrogens with one attached hydrogen (secondary N) is 1. The Labute approximate surface area is 132 Å². The van der Waals surface area contributed by atoms with Gasteiger partial charge in [-0.3, -0.25) is 0 Å². The van der Waals surface area contributed by atoms with Crippen LogP contribution in [0.5, 0.6) is 0 Å². The van der Waals surface area contributed by atoms with Gasteiger partial charge in [-0.15, -0.1) is 0 Å². The molecule has 2 aromatic carbocycles. The van der Waals surface area contributed by atoms with Crippen molar-refractivity contribution in [1.29, 1.82) is 0 Å². The first-order valence-corrected chi connectivity index (χ1v) is 8.63. The summed E-state index contributed by atoms with van der Waals surface area (Å²) in [5.41, 5.74) is 8.50. The van der Waals surface area contributed by atoms with Crippen molar-refractivity contribution in [1.82, 2.24) is 0 Å². The molecule has 0 spiro atoms. The van der Waals surface area contributed by atoms with E-state index in [-0.39, 0.29) is 10.6 Å². The number of hydrogen-bond acceptors (Lipinski definition) is 4. The monoisotopic (exact) mass is 369 g/mol. The quantitative estimate of drug-likeness (QED) is 0.721. The molecule has 0 amide bonds. The third-order valence-electron chi connectivity index (χ3n) is 3.09. The van der Waals surface area contributed by atoms with E-state index in [2.05, 4.69) is 21.2 Å². The van der Waals surface area contributed by atoms with Crippen LogP contribution in [-0.2, 0) is 16.4 Å². The number of sulfonamides is 1. The molecule has 112 valence electrons. The van der Waals surface area contributed by atoms with Gasteiger partial charge in [0.2, 0.25) is 10.0 Å². The topological polar surface area (TPSA) is 98.2 Å². The van der Waals surface area contributed by atoms with Gasteiger partial charge in [-0.05, 0) is 42.3 Å². The Morgan fingerprint density at radius 1 is 1.19 bits per heavy atom. The van der Waals surface area contributed by atoms with Gasteiger partial charge >= 0.3 is 0 Å². The maximum Gasteiger partial charge on any atom is 0.240 e. The molecule has 0 bridgehead atoms. The summed E-state index contributed by atoms with van der Waals surface area (Å²) in [6.07, 6.45) is 0.830. The third kappa shape index (κ3) is 3.55. The number of para-hydroxylation sites is 1. The van der Waals surface area contributed by atoms with E-state index < -0.39 is 10.0 Å². The second kappa shape index (κ2) is 6.05. The smallest absolute Gasteiger partial charge is 0.240 e. The third-order valence-corrected chi connectivity index (χ3v) is 4.55. The van der Waals surface area contributed by atoms with E-state index in [4.69, 9.17) is 10.9 Å². The van der Waals surface area contributed by atoms with Gasteiger partial charge in [0.25, 0.3) is 0 Å². The Bertz CT molecular complexity index is 776. The van der Waals surface area contributed by atoms with Crippen molar-refractivity contribution in [3.8, 4) is 0 Å². The van der Waals surface area contributed by atoms with E-state index >= 15 is 0 Å². The van der Waals surface area contributed by atoms with E-state index in [1.54, 1.807) is 12.1 Å². The standard InChI is InChI=1S/C14H16BrN3O2S/c1-2-9-8-10(15)6-7-11(9)18-12-4-3-5-13(14(12)16)21(17,19)20/h3-8,18H,2,16H2,1H3,(H2,17,19,20). The van der Waals surface area contributed by atoms with Crippen molar-refractivity contribution in [2.45, 2.75) is 18.2 Å². The molecule has 0 aromatic heterocycles. The number of primary sulfonamides is 1. The zero-order chi connectivity index (χ0) is 15.6. The van der Waals surface area contributed by atoms with Crippen LogP contribution in [-0.4, -0.2) is 8.42 Å². The van der Waals surface area contributed by atoms with Gasteiger partial charge in [0.1, 0.15) is 4.90 Å². The number of hydrogen-bond donors (Lipinski definition) is 3. The van der Waals surface area contributed by atoms with Gasteiger partial charge in [-0.25, -0.2) is 13.6 Å². The van der Waals surface area contributed by atoms with Gasteiger partial charge in [0.15, 0.2) is 0 Å². The van der Waals surface area contributed by atoms with Crippen molar-refractivity contribution >= 4 is 43.0 Å². The lowest BCUT2D eigenvalue weighted by atomic mass is 10.1. The molecule has 0 radical (unpaired) electrons. The summed E-state index contributed by atoms with van der Waals surface area (Å²) in [4.78, 5) is -0.0809. The Morgan fingerprint density at radius 3 is 2.52 bits per heavy atom. The van der Waals surface area contributed by atoms with Crippen LogP contribution in [0.1, 0.15) is 12.5 Å². The van der Waals surface area contributed by atoms with Crippen LogP contribution >= 0.6 is 15.9 Å². The SMILES string of the molecule is CCc1cc(Br)ccc1Nc1cccc(S(N)(=O)=O)c1N. The molecule has 7 heteroatoms. The molecule has 5 N–H and O–H groups in total. The molecule has 0 saturated carbocycles. The van der Waals surface area contributed by atoms with Crippen molar-refractivity contribution in [3.63, 3.8) is 0 Å². The molecule has 5 nitrogen and oxygen atoms in total. The van der Waals surface area contributed by atoms with E-state index in [1.165, 1.54) is 6.07 Å². The summed E-state index contributed by atoms with van der Waals surface area (Å²) in [5.74, 6) is 0. The number of nitrogen functional groups attached to an aromatic ring is 1. The first kappa shape index (κ1) is 15.8. The molecule has 0 aliphatic rings. The molecule has 0 saturated heterocycles. The van der Waals surface area contributed by atoms with Gasteiger partial charge in [0.05, 0.1) is 11.4 Å². The minimum absolute atomic E-state index is 0.0809. The van der Waals surface area contributed by atoms with Crippen LogP contribution in [0.4, 0.5) is 17.1 Å². The Hall–Kier alpha value is -1.57. The Kier molecular flexibility index (Phi) is 4.55. The molecule has 0 heterocycles. The lowest BCUT2D eigenvalue weighted by Gasteiger charge is -2.15. The van der Waals surface area contributed by atoms with E-state index in [0.717, 1.165) is 22.1 Å². The van der Waals surface area contributed by atoms with E-state index in [1.807, 2.05) is 25.1 Å². The van der Waals surface area contributed by atoms with Crippen LogP contribution in [0, 0.1) is 0 Å². The van der Waals surface area contributed by atoms with Crippen LogP contribution in [0.15, 0.2) is 45.8 Å². The van der Waals surface area contributed by atoms with Crippen molar-refractivity contribution in [3.05, 3.63) is 46.4 Å². The number of benzene rings is 2. The number of halogens is 1. The second-order valence-electron chi connectivity index (χ2n) is 4.54. The molecular formula is C14H16BrN3O2S. The highest BCUT2D eigenvalue weighted by Gasteiger charge is 2.15. The van der Waals surface area contributed by atoms with Gasteiger partial charge in [0, 0.05) is 10.2 Å².